The normalized spacial score (nSPS) is 13.1. The van der Waals surface area contributed by atoms with Crippen LogP contribution in [0.2, 0.25) is 0 Å². The zero-order chi connectivity index (χ0) is 13.4. The lowest BCUT2D eigenvalue weighted by atomic mass is 10.2. The van der Waals surface area contributed by atoms with E-state index in [4.69, 9.17) is 4.74 Å². The third kappa shape index (κ3) is 4.97. The molecule has 0 saturated heterocycles. The Labute approximate surface area is 107 Å². The molecule has 1 amide bonds. The van der Waals surface area contributed by atoms with Crippen molar-refractivity contribution in [2.45, 2.75) is 19.5 Å². The molecule has 0 spiro atoms. The fourth-order valence-electron chi connectivity index (χ4n) is 1.45. The van der Waals surface area contributed by atoms with Crippen LogP contribution >= 0.6 is 0 Å². The minimum atomic E-state index is -0.712. The molecule has 98 valence electrons. The second-order valence-corrected chi connectivity index (χ2v) is 3.85. The number of aliphatic imine (C=N–C) groups is 1. The number of nitrogens with one attached hydrogen (secondary N) is 1. The van der Waals surface area contributed by atoms with E-state index in [9.17, 15) is 9.90 Å². The van der Waals surface area contributed by atoms with Crippen molar-refractivity contribution in [3.05, 3.63) is 35.9 Å². The van der Waals surface area contributed by atoms with E-state index in [0.717, 1.165) is 5.56 Å². The van der Waals surface area contributed by atoms with Crippen LogP contribution < -0.4 is 10.4 Å². The molecule has 0 aliphatic carbocycles. The first-order chi connectivity index (χ1) is 8.63. The summed E-state index contributed by atoms with van der Waals surface area (Å²) in [5, 5.41) is 14.3. The van der Waals surface area contributed by atoms with Gasteiger partial charge in [-0.25, -0.2) is 0 Å². The van der Waals surface area contributed by atoms with Gasteiger partial charge in [-0.3, -0.25) is 9.79 Å². The molecule has 1 N–H and O–H groups in total. The molecule has 1 atom stereocenters. The van der Waals surface area contributed by atoms with E-state index in [2.05, 4.69) is 10.3 Å². The van der Waals surface area contributed by atoms with Gasteiger partial charge in [0.1, 0.15) is 0 Å². The molecule has 1 aromatic rings. The maximum atomic E-state index is 11.8. The number of carbonyl (C=O) groups is 1. The largest absolute Gasteiger partial charge is 0.860 e. The quantitative estimate of drug-likeness (QED) is 0.574. The molecule has 0 radical (unpaired) electrons. The molecule has 0 aromatic heterocycles. The van der Waals surface area contributed by atoms with Crippen molar-refractivity contribution in [1.82, 2.24) is 5.32 Å². The van der Waals surface area contributed by atoms with Crippen LogP contribution in [0.1, 0.15) is 12.5 Å². The molecule has 0 heterocycles. The van der Waals surface area contributed by atoms with E-state index >= 15 is 0 Å². The summed E-state index contributed by atoms with van der Waals surface area (Å²) in [5.74, 6) is -0.656. The summed E-state index contributed by atoms with van der Waals surface area (Å²) in [4.78, 5) is 14.9. The summed E-state index contributed by atoms with van der Waals surface area (Å²) >= 11 is 0. The second-order valence-electron chi connectivity index (χ2n) is 3.85. The van der Waals surface area contributed by atoms with Crippen LogP contribution in [0.5, 0.6) is 0 Å². The summed E-state index contributed by atoms with van der Waals surface area (Å²) < 4.78 is 4.88. The standard InChI is InChI=1S/C13H18N2O3/c1-10(16)15-12(9-18-2)13(17)14-8-11-6-4-3-5-7-11/h3-7,12H,8-9H2,1-2H3,(H,14,17)(H,15,16)/p-1. The molecular formula is C13H17N2O3-. The number of hydrogen-bond donors (Lipinski definition) is 1. The number of ether oxygens (including phenoxy) is 1. The Morgan fingerprint density at radius 3 is 2.67 bits per heavy atom. The molecule has 18 heavy (non-hydrogen) atoms. The Hall–Kier alpha value is -1.88. The second kappa shape index (κ2) is 7.45. The number of methoxy groups -OCH3 is 1. The lowest BCUT2D eigenvalue weighted by molar-refractivity contribution is -0.223. The first kappa shape index (κ1) is 14.2. The van der Waals surface area contributed by atoms with Gasteiger partial charge in [-0.2, -0.15) is 0 Å². The van der Waals surface area contributed by atoms with Gasteiger partial charge in [0.15, 0.2) is 0 Å². The number of carbonyl (C=O) groups excluding carboxylic acids is 1. The Bertz CT molecular complexity index is 404. The number of amides is 1. The zero-order valence-corrected chi connectivity index (χ0v) is 10.6. The molecule has 5 nitrogen and oxygen atoms in total. The number of rotatable bonds is 6. The molecule has 0 bridgehead atoms. The van der Waals surface area contributed by atoms with Gasteiger partial charge in [0.2, 0.25) is 5.91 Å². The maximum absolute atomic E-state index is 11.8. The summed E-state index contributed by atoms with van der Waals surface area (Å²) in [6.45, 7) is 1.78. The van der Waals surface area contributed by atoms with Gasteiger partial charge in [-0.05, 0) is 11.5 Å². The van der Waals surface area contributed by atoms with Crippen LogP contribution in [-0.4, -0.2) is 31.6 Å². The predicted molar refractivity (Wildman–Crippen MR) is 67.1 cm³/mol. The summed E-state index contributed by atoms with van der Waals surface area (Å²) in [5.41, 5.74) is 0.949. The third-order valence-electron chi connectivity index (χ3n) is 2.27. The van der Waals surface area contributed by atoms with Crippen molar-refractivity contribution in [1.29, 1.82) is 0 Å². The van der Waals surface area contributed by atoms with Crippen molar-refractivity contribution in [2.24, 2.45) is 4.99 Å². The van der Waals surface area contributed by atoms with Crippen molar-refractivity contribution in [3.8, 4) is 0 Å². The van der Waals surface area contributed by atoms with Gasteiger partial charge in [0.05, 0.1) is 19.2 Å². The van der Waals surface area contributed by atoms with Gasteiger partial charge in [0, 0.05) is 14.0 Å². The first-order valence-electron chi connectivity index (χ1n) is 5.64. The fraction of sp³-hybridized carbons (Fsp3) is 0.385. The number of benzene rings is 1. The first-order valence-corrected chi connectivity index (χ1v) is 5.64. The van der Waals surface area contributed by atoms with Gasteiger partial charge in [-0.15, -0.1) is 0 Å². The highest BCUT2D eigenvalue weighted by Gasteiger charge is 2.09. The molecule has 5 heteroatoms. The SMILES string of the molecule is COCC(NC(C)=O)C([O-])=NCc1ccccc1. The molecule has 0 aliphatic rings. The maximum Gasteiger partial charge on any atom is 0.217 e. The van der Waals surface area contributed by atoms with Crippen LogP contribution in [0, 0.1) is 0 Å². The molecule has 1 aromatic carbocycles. The Morgan fingerprint density at radius 2 is 2.11 bits per heavy atom. The highest BCUT2D eigenvalue weighted by molar-refractivity contribution is 5.84. The Kier molecular flexibility index (Phi) is 5.87. The average Bonchev–Trinajstić information content (AvgIpc) is 2.36. The van der Waals surface area contributed by atoms with Crippen molar-refractivity contribution < 1.29 is 14.6 Å². The van der Waals surface area contributed by atoms with E-state index in [-0.39, 0.29) is 18.4 Å². The Morgan fingerprint density at radius 1 is 1.44 bits per heavy atom. The highest BCUT2D eigenvalue weighted by atomic mass is 16.5. The summed E-state index contributed by atoms with van der Waals surface area (Å²) in [6.07, 6.45) is 0. The van der Waals surface area contributed by atoms with Crippen molar-refractivity contribution in [3.63, 3.8) is 0 Å². The molecule has 0 aliphatic heterocycles. The zero-order valence-electron chi connectivity index (χ0n) is 10.6. The molecular weight excluding hydrogens is 232 g/mol. The van der Waals surface area contributed by atoms with Crippen molar-refractivity contribution in [2.75, 3.05) is 13.7 Å². The van der Waals surface area contributed by atoms with E-state index in [1.807, 2.05) is 30.3 Å². The van der Waals surface area contributed by atoms with Crippen LogP contribution in [0.15, 0.2) is 35.3 Å². The molecule has 0 saturated carbocycles. The summed E-state index contributed by atoms with van der Waals surface area (Å²) in [7, 11) is 1.47. The molecule has 0 fully saturated rings. The lowest BCUT2D eigenvalue weighted by Gasteiger charge is -2.23. The Balaban J connectivity index is 2.64. The van der Waals surface area contributed by atoms with Crippen LogP contribution in [-0.2, 0) is 16.1 Å². The monoisotopic (exact) mass is 249 g/mol. The van der Waals surface area contributed by atoms with E-state index in [1.54, 1.807) is 0 Å². The smallest absolute Gasteiger partial charge is 0.217 e. The average molecular weight is 249 g/mol. The van der Waals surface area contributed by atoms with Gasteiger partial charge >= 0.3 is 0 Å². The topological polar surface area (TPSA) is 73.8 Å². The van der Waals surface area contributed by atoms with E-state index in [0.29, 0.717) is 6.54 Å². The summed E-state index contributed by atoms with van der Waals surface area (Å²) in [6, 6.07) is 8.74. The van der Waals surface area contributed by atoms with E-state index in [1.165, 1.54) is 14.0 Å². The van der Waals surface area contributed by atoms with E-state index < -0.39 is 6.04 Å². The fourth-order valence-corrected chi connectivity index (χ4v) is 1.45. The van der Waals surface area contributed by atoms with Gasteiger partial charge < -0.3 is 15.2 Å². The highest BCUT2D eigenvalue weighted by Crippen LogP contribution is 2.00. The van der Waals surface area contributed by atoms with Gasteiger partial charge in [-0.1, -0.05) is 30.3 Å². The van der Waals surface area contributed by atoms with Gasteiger partial charge in [0.25, 0.3) is 0 Å². The van der Waals surface area contributed by atoms with Crippen LogP contribution in [0.4, 0.5) is 0 Å². The van der Waals surface area contributed by atoms with Crippen LogP contribution in [0.3, 0.4) is 0 Å². The number of hydrogen-bond acceptors (Lipinski definition) is 4. The van der Waals surface area contributed by atoms with Crippen LogP contribution in [0.25, 0.3) is 0 Å². The third-order valence-corrected chi connectivity index (χ3v) is 2.27. The minimum absolute atomic E-state index is 0.122. The lowest BCUT2D eigenvalue weighted by Crippen LogP contribution is -2.48. The van der Waals surface area contributed by atoms with Crippen molar-refractivity contribution >= 4 is 11.8 Å². The molecule has 1 rings (SSSR count). The predicted octanol–water partition coefficient (Wildman–Crippen LogP) is 0.0965. The molecule has 1 unspecified atom stereocenters. The number of nitrogens with zero attached hydrogens (tertiary/aromatic N) is 1. The minimum Gasteiger partial charge on any atom is -0.860 e.